The molecule has 0 N–H and O–H groups in total. The Bertz CT molecular complexity index is 790. The Labute approximate surface area is 129 Å². The van der Waals surface area contributed by atoms with Crippen molar-refractivity contribution in [1.29, 1.82) is 0 Å². The average molecular weight is 300 g/mol. The minimum Gasteiger partial charge on any atom is -0.321 e. The molecule has 0 aliphatic heterocycles. The van der Waals surface area contributed by atoms with E-state index >= 15 is 0 Å². The highest BCUT2D eigenvalue weighted by Gasteiger charge is 2.16. The number of nitrogens with zero attached hydrogens (tertiary/aromatic N) is 3. The van der Waals surface area contributed by atoms with Gasteiger partial charge in [-0.1, -0.05) is 18.2 Å². The number of hydrogen-bond donors (Lipinski definition) is 0. The first-order valence-corrected chi connectivity index (χ1v) is 7.52. The molecule has 21 heavy (non-hydrogen) atoms. The van der Waals surface area contributed by atoms with Gasteiger partial charge in [0, 0.05) is 5.69 Å². The molecule has 4 heteroatoms. The molecule has 0 aliphatic carbocycles. The SMILES string of the molecule is Cc1cccc(Cn2c(C(C)Cl)nc3c(C)cccc32)n1. The van der Waals surface area contributed by atoms with Crippen molar-refractivity contribution in [2.24, 2.45) is 0 Å². The van der Waals surface area contributed by atoms with Crippen molar-refractivity contribution in [2.75, 3.05) is 0 Å². The van der Waals surface area contributed by atoms with Crippen LogP contribution in [0.3, 0.4) is 0 Å². The van der Waals surface area contributed by atoms with E-state index in [1.165, 1.54) is 5.56 Å². The van der Waals surface area contributed by atoms with Crippen LogP contribution in [0.15, 0.2) is 36.4 Å². The predicted octanol–water partition coefficient (Wildman–Crippen LogP) is 4.40. The Morgan fingerprint density at radius 3 is 2.57 bits per heavy atom. The summed E-state index contributed by atoms with van der Waals surface area (Å²) in [5.74, 6) is 0.893. The Morgan fingerprint density at radius 2 is 1.86 bits per heavy atom. The quantitative estimate of drug-likeness (QED) is 0.671. The molecule has 3 nitrogen and oxygen atoms in total. The zero-order valence-electron chi connectivity index (χ0n) is 12.5. The second-order valence-electron chi connectivity index (χ2n) is 5.39. The summed E-state index contributed by atoms with van der Waals surface area (Å²) < 4.78 is 2.17. The maximum atomic E-state index is 6.33. The van der Waals surface area contributed by atoms with Crippen LogP contribution in [-0.4, -0.2) is 14.5 Å². The van der Waals surface area contributed by atoms with E-state index in [1.807, 2.05) is 32.0 Å². The van der Waals surface area contributed by atoms with Gasteiger partial charge in [0.25, 0.3) is 0 Å². The molecule has 0 saturated heterocycles. The average Bonchev–Trinajstić information content (AvgIpc) is 2.80. The van der Waals surface area contributed by atoms with Crippen LogP contribution >= 0.6 is 11.6 Å². The fourth-order valence-electron chi connectivity index (χ4n) is 2.62. The molecule has 3 rings (SSSR count). The molecule has 0 radical (unpaired) electrons. The van der Waals surface area contributed by atoms with Crippen molar-refractivity contribution in [3.05, 3.63) is 59.2 Å². The normalized spacial score (nSPS) is 12.8. The van der Waals surface area contributed by atoms with Gasteiger partial charge in [-0.25, -0.2) is 4.98 Å². The van der Waals surface area contributed by atoms with Crippen molar-refractivity contribution in [1.82, 2.24) is 14.5 Å². The van der Waals surface area contributed by atoms with Gasteiger partial charge in [0.05, 0.1) is 28.6 Å². The second kappa shape index (κ2) is 5.49. The Morgan fingerprint density at radius 1 is 1.10 bits per heavy atom. The highest BCUT2D eigenvalue weighted by Crippen LogP contribution is 2.27. The predicted molar refractivity (Wildman–Crippen MR) is 86.8 cm³/mol. The number of rotatable bonds is 3. The largest absolute Gasteiger partial charge is 0.321 e. The molecular weight excluding hydrogens is 282 g/mol. The Balaban J connectivity index is 2.16. The molecule has 1 atom stereocenters. The minimum absolute atomic E-state index is 0.137. The van der Waals surface area contributed by atoms with Gasteiger partial charge in [-0.3, -0.25) is 4.98 Å². The lowest BCUT2D eigenvalue weighted by molar-refractivity contribution is 0.725. The molecule has 0 bridgehead atoms. The highest BCUT2D eigenvalue weighted by molar-refractivity contribution is 6.20. The van der Waals surface area contributed by atoms with E-state index in [4.69, 9.17) is 16.6 Å². The standard InChI is InChI=1S/C17H18ClN3/c1-11-6-4-9-15-16(11)20-17(13(3)18)21(15)10-14-8-5-7-12(2)19-14/h4-9,13H,10H2,1-3H3. The number of para-hydroxylation sites is 1. The number of hydrogen-bond acceptors (Lipinski definition) is 2. The van der Waals surface area contributed by atoms with E-state index in [1.54, 1.807) is 0 Å². The number of aromatic nitrogens is 3. The van der Waals surface area contributed by atoms with E-state index in [0.29, 0.717) is 6.54 Å². The third-order valence-corrected chi connectivity index (χ3v) is 3.83. The third kappa shape index (κ3) is 2.66. The van der Waals surface area contributed by atoms with Crippen LogP contribution in [0.2, 0.25) is 0 Å². The molecule has 1 unspecified atom stereocenters. The van der Waals surface area contributed by atoms with Gasteiger partial charge >= 0.3 is 0 Å². The number of alkyl halides is 1. The second-order valence-corrected chi connectivity index (χ2v) is 6.04. The molecule has 0 aliphatic rings. The van der Waals surface area contributed by atoms with E-state index < -0.39 is 0 Å². The van der Waals surface area contributed by atoms with Crippen molar-refractivity contribution in [2.45, 2.75) is 32.7 Å². The first-order valence-electron chi connectivity index (χ1n) is 7.08. The Hall–Kier alpha value is -1.87. The van der Waals surface area contributed by atoms with Crippen LogP contribution in [0.4, 0.5) is 0 Å². The van der Waals surface area contributed by atoms with Crippen molar-refractivity contribution >= 4 is 22.6 Å². The molecule has 3 aromatic rings. The fourth-order valence-corrected chi connectivity index (χ4v) is 2.79. The van der Waals surface area contributed by atoms with Crippen molar-refractivity contribution in [3.63, 3.8) is 0 Å². The maximum Gasteiger partial charge on any atom is 0.128 e. The molecule has 2 heterocycles. The van der Waals surface area contributed by atoms with Crippen LogP contribution in [-0.2, 0) is 6.54 Å². The number of aryl methyl sites for hydroxylation is 2. The first-order chi connectivity index (χ1) is 10.1. The van der Waals surface area contributed by atoms with E-state index in [2.05, 4.69) is 34.7 Å². The summed E-state index contributed by atoms with van der Waals surface area (Å²) in [4.78, 5) is 9.32. The van der Waals surface area contributed by atoms with Gasteiger partial charge in [0.15, 0.2) is 0 Å². The van der Waals surface area contributed by atoms with Crippen LogP contribution in [0, 0.1) is 13.8 Å². The smallest absolute Gasteiger partial charge is 0.128 e. The van der Waals surface area contributed by atoms with E-state index in [0.717, 1.165) is 28.2 Å². The molecule has 0 amide bonds. The van der Waals surface area contributed by atoms with Gasteiger partial charge in [-0.2, -0.15) is 0 Å². The Kier molecular flexibility index (Phi) is 3.68. The molecule has 0 spiro atoms. The summed E-state index contributed by atoms with van der Waals surface area (Å²) >= 11 is 6.33. The van der Waals surface area contributed by atoms with Gasteiger partial charge in [-0.15, -0.1) is 11.6 Å². The molecule has 108 valence electrons. The monoisotopic (exact) mass is 299 g/mol. The molecule has 1 aromatic carbocycles. The first kappa shape index (κ1) is 14.1. The number of pyridine rings is 1. The lowest BCUT2D eigenvalue weighted by atomic mass is 10.2. The number of benzene rings is 1. The number of fused-ring (bicyclic) bond motifs is 1. The van der Waals surface area contributed by atoms with Crippen LogP contribution in [0.1, 0.15) is 35.1 Å². The summed E-state index contributed by atoms with van der Waals surface area (Å²) in [6.45, 7) is 6.73. The van der Waals surface area contributed by atoms with E-state index in [-0.39, 0.29) is 5.38 Å². The van der Waals surface area contributed by atoms with Gasteiger partial charge < -0.3 is 4.57 Å². The van der Waals surface area contributed by atoms with E-state index in [9.17, 15) is 0 Å². The lowest BCUT2D eigenvalue weighted by Crippen LogP contribution is -2.07. The molecule has 0 fully saturated rings. The van der Waals surface area contributed by atoms with Crippen molar-refractivity contribution in [3.8, 4) is 0 Å². The molecule has 0 saturated carbocycles. The highest BCUT2D eigenvalue weighted by atomic mass is 35.5. The summed E-state index contributed by atoms with van der Waals surface area (Å²) in [5.41, 5.74) is 5.35. The summed E-state index contributed by atoms with van der Waals surface area (Å²) in [6.07, 6.45) is 0. The zero-order valence-corrected chi connectivity index (χ0v) is 13.2. The molecular formula is C17H18ClN3. The minimum atomic E-state index is -0.137. The van der Waals surface area contributed by atoms with Crippen LogP contribution < -0.4 is 0 Å². The zero-order chi connectivity index (χ0) is 15.0. The van der Waals surface area contributed by atoms with Crippen molar-refractivity contribution < 1.29 is 0 Å². The third-order valence-electron chi connectivity index (χ3n) is 3.63. The summed E-state index contributed by atoms with van der Waals surface area (Å²) in [6, 6.07) is 12.3. The fraction of sp³-hybridized carbons (Fsp3) is 0.294. The summed E-state index contributed by atoms with van der Waals surface area (Å²) in [5, 5.41) is -0.137. The lowest BCUT2D eigenvalue weighted by Gasteiger charge is -2.10. The van der Waals surface area contributed by atoms with Gasteiger partial charge in [0.2, 0.25) is 0 Å². The van der Waals surface area contributed by atoms with Crippen LogP contribution in [0.25, 0.3) is 11.0 Å². The number of halogens is 1. The number of imidazole rings is 1. The maximum absolute atomic E-state index is 6.33. The van der Waals surface area contributed by atoms with Gasteiger partial charge in [-0.05, 0) is 44.5 Å². The summed E-state index contributed by atoms with van der Waals surface area (Å²) in [7, 11) is 0. The topological polar surface area (TPSA) is 30.7 Å². The molecule has 2 aromatic heterocycles. The van der Waals surface area contributed by atoms with Crippen LogP contribution in [0.5, 0.6) is 0 Å². The van der Waals surface area contributed by atoms with Gasteiger partial charge in [0.1, 0.15) is 5.82 Å².